The van der Waals surface area contributed by atoms with Gasteiger partial charge in [0.25, 0.3) is 0 Å². The van der Waals surface area contributed by atoms with Crippen LogP contribution < -0.4 is 29.6 Å². The molecule has 7 atom stereocenters. The number of fused-ring (bicyclic) bond motifs is 5. The van der Waals surface area contributed by atoms with Crippen LogP contribution in [0.4, 0.5) is 0 Å². The van der Waals surface area contributed by atoms with Gasteiger partial charge in [-0.15, -0.1) is 0 Å². The molecule has 3 fully saturated rings. The van der Waals surface area contributed by atoms with Crippen molar-refractivity contribution in [3.8, 4) is 0 Å². The third kappa shape index (κ3) is 2.56. The summed E-state index contributed by atoms with van der Waals surface area (Å²) in [5.74, 6) is 0.755. The molecule has 0 aliphatic heterocycles. The number of ketones is 2. The Morgan fingerprint density at radius 3 is 2.54 bits per heavy atom. The number of rotatable bonds is 1. The molecule has 5 heteroatoms. The Balaban J connectivity index is 0.00000131. The molecule has 0 bridgehead atoms. The smallest absolute Gasteiger partial charge is 1.00 e. The molecule has 0 aromatic heterocycles. The van der Waals surface area contributed by atoms with E-state index in [4.69, 9.17) is 0 Å². The number of hydrogen-bond acceptors (Lipinski definition) is 4. The number of hydrogen-bond donors (Lipinski definition) is 2. The normalized spacial score (nSPS) is 46.9. The van der Waals surface area contributed by atoms with Crippen molar-refractivity contribution >= 4 is 11.6 Å². The summed E-state index contributed by atoms with van der Waals surface area (Å²) in [6.07, 6.45) is 6.62. The van der Waals surface area contributed by atoms with Crippen LogP contribution in [0.3, 0.4) is 0 Å². The molecule has 2 unspecified atom stereocenters. The average Bonchev–Trinajstić information content (AvgIpc) is 2.87. The van der Waals surface area contributed by atoms with Crippen LogP contribution in [-0.4, -0.2) is 27.9 Å². The van der Waals surface area contributed by atoms with E-state index in [1.807, 2.05) is 6.92 Å². The zero-order valence-electron chi connectivity index (χ0n) is 17.3. The fourth-order valence-corrected chi connectivity index (χ4v) is 6.94. The molecule has 0 heterocycles. The van der Waals surface area contributed by atoms with Crippen LogP contribution >= 0.6 is 0 Å². The Bertz CT molecular complexity index is 717. The molecular weight excluding hydrogens is 339 g/mol. The van der Waals surface area contributed by atoms with Gasteiger partial charge in [0.1, 0.15) is 11.5 Å². The SMILES string of the molecule is CC(=O)[C@H]1CCC2[C@H]3C(O)CC4=CC(O)=CC(=O)[C@]4(C)[C@@H]3CC[C@@]21C.[H-].[Na+]. The Labute approximate surface area is 178 Å². The molecule has 26 heavy (non-hydrogen) atoms. The third-order valence-electron chi connectivity index (χ3n) is 8.22. The van der Waals surface area contributed by atoms with Crippen LogP contribution in [0.5, 0.6) is 0 Å². The molecule has 3 saturated carbocycles. The van der Waals surface area contributed by atoms with E-state index in [0.29, 0.717) is 12.3 Å². The van der Waals surface area contributed by atoms with Gasteiger partial charge < -0.3 is 11.6 Å². The summed E-state index contributed by atoms with van der Waals surface area (Å²) >= 11 is 0. The van der Waals surface area contributed by atoms with E-state index in [-0.39, 0.29) is 71.5 Å². The van der Waals surface area contributed by atoms with Gasteiger partial charge in [0, 0.05) is 12.0 Å². The first kappa shape index (κ1) is 20.3. The molecule has 0 amide bonds. The van der Waals surface area contributed by atoms with Gasteiger partial charge in [0.15, 0.2) is 5.78 Å². The van der Waals surface area contributed by atoms with Crippen LogP contribution in [0.2, 0.25) is 0 Å². The fourth-order valence-electron chi connectivity index (χ4n) is 6.94. The van der Waals surface area contributed by atoms with Crippen LogP contribution in [-0.2, 0) is 9.59 Å². The summed E-state index contributed by atoms with van der Waals surface area (Å²) in [6, 6.07) is 0. The minimum absolute atomic E-state index is 0. The Hall–Kier alpha value is -0.420. The number of carbonyl (C=O) groups is 2. The number of Topliss-reactive ketones (excluding diaryl/α,β-unsaturated/α-hetero) is 1. The maximum atomic E-state index is 12.9. The van der Waals surface area contributed by atoms with Crippen molar-refractivity contribution in [3.05, 3.63) is 23.5 Å². The molecule has 0 spiro atoms. The number of aliphatic hydroxyl groups is 2. The predicted octanol–water partition coefficient (Wildman–Crippen LogP) is 0.473. The summed E-state index contributed by atoms with van der Waals surface area (Å²) in [6.45, 7) is 5.91. The monoisotopic (exact) mass is 368 g/mol. The molecule has 0 aromatic carbocycles. The molecule has 2 N–H and O–H groups in total. The molecule has 4 aliphatic carbocycles. The van der Waals surface area contributed by atoms with Crippen LogP contribution in [0.1, 0.15) is 54.3 Å². The van der Waals surface area contributed by atoms with Crippen molar-refractivity contribution in [2.45, 2.75) is 59.0 Å². The van der Waals surface area contributed by atoms with Crippen molar-refractivity contribution in [2.75, 3.05) is 0 Å². The largest absolute Gasteiger partial charge is 1.00 e. The minimum atomic E-state index is -0.619. The molecule has 4 rings (SSSR count). The fraction of sp³-hybridized carbons (Fsp3) is 0.714. The van der Waals surface area contributed by atoms with Gasteiger partial charge in [-0.3, -0.25) is 9.59 Å². The van der Waals surface area contributed by atoms with E-state index in [1.54, 1.807) is 13.0 Å². The van der Waals surface area contributed by atoms with Crippen LogP contribution in [0.25, 0.3) is 0 Å². The Morgan fingerprint density at radius 2 is 1.88 bits per heavy atom. The standard InChI is InChI=1S/C21H28O4.Na.H/c1-11(22)14-4-5-15-19-16(6-7-20(14,15)2)21(3)12(9-17(19)24)8-13(23)10-18(21)25;;/h8,10,14-17,19,23-24H,4-7,9H2,1-3H3;;/q;+1;-1/t14-,15?,16-,17?,19-,20-,21+;;/m1../s1. The molecule has 0 saturated heterocycles. The average molecular weight is 368 g/mol. The molecule has 4 aliphatic rings. The first-order chi connectivity index (χ1) is 11.7. The van der Waals surface area contributed by atoms with Crippen LogP contribution in [0, 0.1) is 34.5 Å². The van der Waals surface area contributed by atoms with Crippen molar-refractivity contribution in [1.82, 2.24) is 0 Å². The molecule has 138 valence electrons. The second-order valence-corrected chi connectivity index (χ2v) is 9.15. The Kier molecular flexibility index (Phi) is 5.14. The van der Waals surface area contributed by atoms with Gasteiger partial charge >= 0.3 is 29.6 Å². The summed E-state index contributed by atoms with van der Waals surface area (Å²) in [7, 11) is 0. The first-order valence-corrected chi connectivity index (χ1v) is 9.54. The van der Waals surface area contributed by atoms with Gasteiger partial charge in [-0.05, 0) is 75.2 Å². The molecule has 0 aromatic rings. The van der Waals surface area contributed by atoms with Gasteiger partial charge in [-0.1, -0.05) is 12.5 Å². The zero-order valence-corrected chi connectivity index (χ0v) is 18.3. The van der Waals surface area contributed by atoms with E-state index in [9.17, 15) is 19.8 Å². The second-order valence-electron chi connectivity index (χ2n) is 9.15. The maximum Gasteiger partial charge on any atom is 1.00 e. The predicted molar refractivity (Wildman–Crippen MR) is 94.9 cm³/mol. The Morgan fingerprint density at radius 1 is 1.19 bits per heavy atom. The van der Waals surface area contributed by atoms with Crippen molar-refractivity contribution < 1.29 is 50.8 Å². The number of aliphatic hydroxyl groups excluding tert-OH is 2. The minimum Gasteiger partial charge on any atom is -1.00 e. The second kappa shape index (κ2) is 6.58. The van der Waals surface area contributed by atoms with E-state index in [2.05, 4.69) is 6.92 Å². The van der Waals surface area contributed by atoms with Crippen LogP contribution in [0.15, 0.2) is 23.5 Å². The van der Waals surface area contributed by atoms with Crippen molar-refractivity contribution in [2.24, 2.45) is 34.5 Å². The van der Waals surface area contributed by atoms with Gasteiger partial charge in [0.05, 0.1) is 11.5 Å². The van der Waals surface area contributed by atoms with Crippen molar-refractivity contribution in [3.63, 3.8) is 0 Å². The summed E-state index contributed by atoms with van der Waals surface area (Å²) in [5, 5.41) is 20.8. The van der Waals surface area contributed by atoms with E-state index < -0.39 is 11.5 Å². The van der Waals surface area contributed by atoms with Gasteiger partial charge in [0.2, 0.25) is 0 Å². The summed E-state index contributed by atoms with van der Waals surface area (Å²) in [5.41, 5.74) is 0.198. The number of carbonyl (C=O) groups excluding carboxylic acids is 2. The third-order valence-corrected chi connectivity index (χ3v) is 8.22. The summed E-state index contributed by atoms with van der Waals surface area (Å²) in [4.78, 5) is 25.0. The molecule has 4 nitrogen and oxygen atoms in total. The van der Waals surface area contributed by atoms with E-state index >= 15 is 0 Å². The van der Waals surface area contributed by atoms with Crippen molar-refractivity contribution in [1.29, 1.82) is 0 Å². The van der Waals surface area contributed by atoms with E-state index in [1.165, 1.54) is 6.08 Å². The zero-order chi connectivity index (χ0) is 18.1. The van der Waals surface area contributed by atoms with Gasteiger partial charge in [-0.25, -0.2) is 0 Å². The first-order valence-electron chi connectivity index (χ1n) is 9.54. The topological polar surface area (TPSA) is 74.6 Å². The number of allylic oxidation sites excluding steroid dienone is 2. The molecule has 0 radical (unpaired) electrons. The maximum absolute atomic E-state index is 12.9. The quantitative estimate of drug-likeness (QED) is 0.660. The van der Waals surface area contributed by atoms with Gasteiger partial charge in [-0.2, -0.15) is 0 Å². The summed E-state index contributed by atoms with van der Waals surface area (Å²) < 4.78 is 0. The molecular formula is C21H29NaO4. The van der Waals surface area contributed by atoms with E-state index in [0.717, 1.165) is 31.3 Å².